The Morgan fingerprint density at radius 2 is 2.18 bits per heavy atom. The molecular formula is C12H14N2O3. The predicted octanol–water partition coefficient (Wildman–Crippen LogP) is 1.40. The maximum absolute atomic E-state index is 12.1. The molecule has 0 atom stereocenters. The Morgan fingerprint density at radius 1 is 1.47 bits per heavy atom. The van der Waals surface area contributed by atoms with Crippen molar-refractivity contribution in [2.24, 2.45) is 0 Å². The molecule has 2 rings (SSSR count). The molecule has 1 aromatic rings. The third kappa shape index (κ3) is 2.13. The second-order valence-corrected chi connectivity index (χ2v) is 4.21. The number of nitrogens with zero attached hydrogens (tertiary/aromatic N) is 2. The normalized spacial score (nSPS) is 15.1. The summed E-state index contributed by atoms with van der Waals surface area (Å²) in [5.41, 5.74) is -0.0157. The van der Waals surface area contributed by atoms with Crippen LogP contribution in [0.1, 0.15) is 40.1 Å². The minimum Gasteiger partial charge on any atom is -0.478 e. The molecule has 0 aromatic carbocycles. The lowest BCUT2D eigenvalue weighted by molar-refractivity contribution is 0.0620. The maximum Gasteiger partial charge on any atom is 0.338 e. The number of carbonyl (C=O) groups is 2. The molecular weight excluding hydrogens is 220 g/mol. The summed E-state index contributed by atoms with van der Waals surface area (Å²) in [6.07, 6.45) is 4.53. The van der Waals surface area contributed by atoms with E-state index < -0.39 is 5.97 Å². The van der Waals surface area contributed by atoms with Crippen molar-refractivity contribution in [3.63, 3.8) is 0 Å². The molecule has 0 aliphatic heterocycles. The van der Waals surface area contributed by atoms with E-state index in [0.29, 0.717) is 0 Å². The van der Waals surface area contributed by atoms with Crippen molar-refractivity contribution in [3.05, 3.63) is 29.6 Å². The van der Waals surface area contributed by atoms with E-state index in [1.807, 2.05) is 0 Å². The molecule has 1 amide bonds. The van der Waals surface area contributed by atoms with Crippen molar-refractivity contribution in [2.45, 2.75) is 25.3 Å². The van der Waals surface area contributed by atoms with E-state index in [4.69, 9.17) is 5.11 Å². The van der Waals surface area contributed by atoms with E-state index in [1.165, 1.54) is 18.3 Å². The maximum atomic E-state index is 12.1. The van der Waals surface area contributed by atoms with Gasteiger partial charge in [0.1, 0.15) is 5.69 Å². The highest BCUT2D eigenvalue weighted by atomic mass is 16.4. The number of carbonyl (C=O) groups excluding carboxylic acids is 1. The molecule has 0 spiro atoms. The van der Waals surface area contributed by atoms with Crippen LogP contribution in [0.25, 0.3) is 0 Å². The zero-order valence-electron chi connectivity index (χ0n) is 9.59. The molecule has 17 heavy (non-hydrogen) atoms. The first-order valence-corrected chi connectivity index (χ1v) is 5.56. The van der Waals surface area contributed by atoms with Crippen molar-refractivity contribution in [1.29, 1.82) is 0 Å². The lowest BCUT2D eigenvalue weighted by atomic mass is 9.91. The van der Waals surface area contributed by atoms with E-state index in [1.54, 1.807) is 11.9 Å². The molecule has 1 fully saturated rings. The smallest absolute Gasteiger partial charge is 0.338 e. The van der Waals surface area contributed by atoms with Crippen molar-refractivity contribution in [1.82, 2.24) is 9.88 Å². The molecule has 0 saturated heterocycles. The van der Waals surface area contributed by atoms with Crippen LogP contribution in [0.3, 0.4) is 0 Å². The Morgan fingerprint density at radius 3 is 2.71 bits per heavy atom. The summed E-state index contributed by atoms with van der Waals surface area (Å²) in [5, 5.41) is 9.00. The Balaban J connectivity index is 2.26. The number of aromatic nitrogens is 1. The Kier molecular flexibility index (Phi) is 3.08. The number of rotatable bonds is 3. The molecule has 5 heteroatoms. The monoisotopic (exact) mass is 234 g/mol. The van der Waals surface area contributed by atoms with Gasteiger partial charge in [0, 0.05) is 19.3 Å². The third-order valence-corrected chi connectivity index (χ3v) is 3.18. The summed E-state index contributed by atoms with van der Waals surface area (Å²) in [7, 11) is 1.70. The van der Waals surface area contributed by atoms with Gasteiger partial charge in [-0.3, -0.25) is 9.78 Å². The van der Waals surface area contributed by atoms with E-state index in [-0.39, 0.29) is 23.2 Å². The van der Waals surface area contributed by atoms with Gasteiger partial charge in [-0.05, 0) is 31.4 Å². The average Bonchev–Trinajstić information content (AvgIpc) is 2.25. The van der Waals surface area contributed by atoms with Gasteiger partial charge in [-0.25, -0.2) is 4.79 Å². The number of carboxylic acids is 1. The molecule has 1 heterocycles. The molecule has 0 unspecified atom stereocenters. The van der Waals surface area contributed by atoms with Crippen molar-refractivity contribution in [3.8, 4) is 0 Å². The Hall–Kier alpha value is -1.91. The number of carboxylic acid groups (broad SMARTS) is 1. The van der Waals surface area contributed by atoms with Crippen LogP contribution in [0.15, 0.2) is 18.3 Å². The van der Waals surface area contributed by atoms with Gasteiger partial charge in [-0.2, -0.15) is 0 Å². The number of pyridine rings is 1. The number of amides is 1. The fourth-order valence-electron chi connectivity index (χ4n) is 1.86. The van der Waals surface area contributed by atoms with Crippen LogP contribution in [-0.2, 0) is 0 Å². The Bertz CT molecular complexity index is 455. The second kappa shape index (κ2) is 4.53. The minimum absolute atomic E-state index is 0.0226. The number of hydrogen-bond acceptors (Lipinski definition) is 3. The molecule has 0 radical (unpaired) electrons. The largest absolute Gasteiger partial charge is 0.478 e. The van der Waals surface area contributed by atoms with Gasteiger partial charge >= 0.3 is 5.97 Å². The number of aromatic carboxylic acids is 1. The summed E-state index contributed by atoms with van der Waals surface area (Å²) in [4.78, 5) is 28.6. The molecule has 1 aromatic heterocycles. The van der Waals surface area contributed by atoms with Gasteiger partial charge in [-0.15, -0.1) is 0 Å². The molecule has 0 bridgehead atoms. The van der Waals surface area contributed by atoms with Gasteiger partial charge in [0.05, 0.1) is 5.56 Å². The van der Waals surface area contributed by atoms with Crippen LogP contribution in [-0.4, -0.2) is 40.0 Å². The SMILES string of the molecule is CN(C(=O)c1ncccc1C(=O)O)C1CCC1. The topological polar surface area (TPSA) is 70.5 Å². The first-order valence-electron chi connectivity index (χ1n) is 5.56. The van der Waals surface area contributed by atoms with Crippen LogP contribution < -0.4 is 0 Å². The molecule has 1 N–H and O–H groups in total. The van der Waals surface area contributed by atoms with Gasteiger partial charge in [0.2, 0.25) is 0 Å². The Labute approximate surface area is 99.1 Å². The van der Waals surface area contributed by atoms with Crippen molar-refractivity contribution in [2.75, 3.05) is 7.05 Å². The van der Waals surface area contributed by atoms with Crippen molar-refractivity contribution >= 4 is 11.9 Å². The summed E-state index contributed by atoms with van der Waals surface area (Å²) in [6, 6.07) is 3.15. The average molecular weight is 234 g/mol. The summed E-state index contributed by atoms with van der Waals surface area (Å²) in [6.45, 7) is 0. The summed E-state index contributed by atoms with van der Waals surface area (Å²) >= 11 is 0. The van der Waals surface area contributed by atoms with E-state index in [2.05, 4.69) is 4.98 Å². The summed E-state index contributed by atoms with van der Waals surface area (Å²) < 4.78 is 0. The van der Waals surface area contributed by atoms with Crippen LogP contribution >= 0.6 is 0 Å². The van der Waals surface area contributed by atoms with Gasteiger partial charge < -0.3 is 10.0 Å². The molecule has 5 nitrogen and oxygen atoms in total. The fraction of sp³-hybridized carbons (Fsp3) is 0.417. The second-order valence-electron chi connectivity index (χ2n) is 4.21. The van der Waals surface area contributed by atoms with Crippen LogP contribution in [0.4, 0.5) is 0 Å². The highest BCUT2D eigenvalue weighted by Gasteiger charge is 2.29. The van der Waals surface area contributed by atoms with E-state index in [9.17, 15) is 9.59 Å². The van der Waals surface area contributed by atoms with Crippen LogP contribution in [0.2, 0.25) is 0 Å². The highest BCUT2D eigenvalue weighted by molar-refractivity contribution is 6.03. The lowest BCUT2D eigenvalue weighted by Gasteiger charge is -2.34. The first kappa shape index (κ1) is 11.6. The number of hydrogen-bond donors (Lipinski definition) is 1. The molecule has 1 aliphatic rings. The fourth-order valence-corrected chi connectivity index (χ4v) is 1.86. The lowest BCUT2D eigenvalue weighted by Crippen LogP contribution is -2.42. The van der Waals surface area contributed by atoms with Gasteiger partial charge in [-0.1, -0.05) is 0 Å². The quantitative estimate of drug-likeness (QED) is 0.858. The first-order chi connectivity index (χ1) is 8.11. The standard InChI is InChI=1S/C12H14N2O3/c1-14(8-4-2-5-8)11(15)10-9(12(16)17)6-3-7-13-10/h3,6-8H,2,4-5H2,1H3,(H,16,17). The molecule has 1 aliphatic carbocycles. The van der Waals surface area contributed by atoms with Crippen molar-refractivity contribution < 1.29 is 14.7 Å². The van der Waals surface area contributed by atoms with E-state index in [0.717, 1.165) is 19.3 Å². The van der Waals surface area contributed by atoms with Gasteiger partial charge in [0.15, 0.2) is 0 Å². The van der Waals surface area contributed by atoms with Crippen LogP contribution in [0.5, 0.6) is 0 Å². The van der Waals surface area contributed by atoms with Crippen LogP contribution in [0, 0.1) is 0 Å². The summed E-state index contributed by atoms with van der Waals surface area (Å²) in [5.74, 6) is -1.43. The van der Waals surface area contributed by atoms with Gasteiger partial charge in [0.25, 0.3) is 5.91 Å². The molecule has 90 valence electrons. The third-order valence-electron chi connectivity index (χ3n) is 3.18. The molecule has 1 saturated carbocycles. The zero-order chi connectivity index (χ0) is 12.4. The van der Waals surface area contributed by atoms with E-state index >= 15 is 0 Å². The minimum atomic E-state index is -1.12. The highest BCUT2D eigenvalue weighted by Crippen LogP contribution is 2.25. The predicted molar refractivity (Wildman–Crippen MR) is 60.9 cm³/mol. The zero-order valence-corrected chi connectivity index (χ0v) is 9.59.